The third-order valence-electron chi connectivity index (χ3n) is 3.98. The zero-order chi connectivity index (χ0) is 26.1. The summed E-state index contributed by atoms with van der Waals surface area (Å²) < 4.78 is 53.5. The van der Waals surface area contributed by atoms with Gasteiger partial charge < -0.3 is 26.5 Å². The van der Waals surface area contributed by atoms with E-state index in [0.29, 0.717) is 11.1 Å². The van der Waals surface area contributed by atoms with E-state index in [4.69, 9.17) is 22.6 Å². The van der Waals surface area contributed by atoms with Crippen LogP contribution in [0.5, 0.6) is 0 Å². The van der Waals surface area contributed by atoms with Gasteiger partial charge in [-0.15, -0.1) is 0 Å². The summed E-state index contributed by atoms with van der Waals surface area (Å²) in [5.41, 5.74) is 1.27. The first-order valence-corrected chi connectivity index (χ1v) is 9.52. The molecule has 35 heavy (non-hydrogen) atoms. The van der Waals surface area contributed by atoms with Gasteiger partial charge in [0.15, 0.2) is 5.71 Å². The van der Waals surface area contributed by atoms with Crippen LogP contribution in [0.2, 0.25) is 5.02 Å². The smallest absolute Gasteiger partial charge is 0.435 e. The van der Waals surface area contributed by atoms with E-state index in [0.717, 1.165) is 13.3 Å². The van der Waals surface area contributed by atoms with Gasteiger partial charge in [0.1, 0.15) is 0 Å². The van der Waals surface area contributed by atoms with Crippen molar-refractivity contribution < 1.29 is 65.0 Å². The fraction of sp³-hybridized carbons (Fsp3) is 0.200. The standard InChI is InChI=1S/C19H17ClF4N6O2.CH4O.Y/c1-3-14(19(22,23)24)29-30(9-11-5-4-6-26-16(11)21)18(32)27-15-10(2)7-12(20)8-13(15)17(31)28-25;1-2;/h3-8H,1,9,25H2,2H3,(H2,27,28,31,32);2H,1H3;/p-1/b29-14+;;. The Morgan fingerprint density at radius 3 is 2.51 bits per heavy atom. The van der Waals surface area contributed by atoms with Gasteiger partial charge in [0.2, 0.25) is 5.95 Å². The number of aromatic nitrogens is 1. The molecule has 9 nitrogen and oxygen atoms in total. The number of hydrogen-bond acceptors (Lipinski definition) is 6. The van der Waals surface area contributed by atoms with Gasteiger partial charge in [-0.3, -0.25) is 0 Å². The zero-order valence-corrected chi connectivity index (χ0v) is 22.1. The first-order valence-electron chi connectivity index (χ1n) is 9.14. The first kappa shape index (κ1) is 32.6. The number of aliphatic hydroxyl groups is 1. The average Bonchev–Trinajstić information content (AvgIpc) is 2.79. The number of carbonyl (C=O) groups excluding carboxylic acids is 2. The minimum atomic E-state index is -4.94. The molecule has 1 heterocycles. The molecule has 0 saturated heterocycles. The largest absolute Gasteiger partial charge is 0.590 e. The van der Waals surface area contributed by atoms with Gasteiger partial charge in [0.05, 0.1) is 18.1 Å². The molecule has 2 aromatic rings. The summed E-state index contributed by atoms with van der Waals surface area (Å²) >= 11 is 5.92. The molecule has 0 aliphatic heterocycles. The first-order chi connectivity index (χ1) is 16.0. The van der Waals surface area contributed by atoms with Crippen molar-refractivity contribution in [1.29, 1.82) is 0 Å². The Hall–Kier alpha value is -2.45. The number of benzene rings is 1. The molecule has 187 valence electrons. The van der Waals surface area contributed by atoms with Crippen molar-refractivity contribution in [2.24, 2.45) is 10.9 Å². The van der Waals surface area contributed by atoms with Gasteiger partial charge in [0.25, 0.3) is 0 Å². The number of aryl methyl sites for hydroxylation is 1. The van der Waals surface area contributed by atoms with E-state index in [-0.39, 0.29) is 60.1 Å². The van der Waals surface area contributed by atoms with Gasteiger partial charge in [-0.05, 0) is 36.8 Å². The predicted octanol–water partition coefficient (Wildman–Crippen LogP) is 4.31. The maximum absolute atomic E-state index is 14.0. The number of rotatable bonds is 6. The molecule has 1 aromatic carbocycles. The Morgan fingerprint density at radius 1 is 1.37 bits per heavy atom. The van der Waals surface area contributed by atoms with Crippen molar-refractivity contribution in [1.82, 2.24) is 9.99 Å². The number of alkyl halides is 3. The Balaban J connectivity index is 0.00000375. The molecule has 0 saturated carbocycles. The van der Waals surface area contributed by atoms with Crippen LogP contribution in [-0.4, -0.2) is 46.0 Å². The number of halogens is 5. The van der Waals surface area contributed by atoms with E-state index in [1.165, 1.54) is 31.2 Å². The number of amides is 3. The Labute approximate surface area is 228 Å². The van der Waals surface area contributed by atoms with Crippen molar-refractivity contribution in [2.45, 2.75) is 19.6 Å². The molecule has 1 aromatic heterocycles. The van der Waals surface area contributed by atoms with Crippen molar-refractivity contribution in [3.8, 4) is 0 Å². The molecule has 0 bridgehead atoms. The summed E-state index contributed by atoms with van der Waals surface area (Å²) in [5.74, 6) is 3.07. The van der Waals surface area contributed by atoms with Gasteiger partial charge >= 0.3 is 12.2 Å². The van der Waals surface area contributed by atoms with E-state index in [1.54, 1.807) is 0 Å². The van der Waals surface area contributed by atoms with E-state index >= 15 is 0 Å². The van der Waals surface area contributed by atoms with Crippen LogP contribution in [0.15, 0.2) is 48.2 Å². The van der Waals surface area contributed by atoms with Gasteiger partial charge in [-0.1, -0.05) is 24.2 Å². The number of pyridine rings is 1. The quantitative estimate of drug-likeness (QED) is 0.115. The number of hydrogen-bond donors (Lipinski definition) is 3. The molecule has 3 amide bonds. The molecule has 0 fully saturated rings. The summed E-state index contributed by atoms with van der Waals surface area (Å²) in [6, 6.07) is 3.90. The minimum Gasteiger partial charge on any atom is -0.590 e. The minimum absolute atomic E-state index is 0. The van der Waals surface area contributed by atoms with Crippen molar-refractivity contribution in [3.63, 3.8) is 0 Å². The number of nitrogens with two attached hydrogens (primary N) is 1. The van der Waals surface area contributed by atoms with Crippen LogP contribution in [0.3, 0.4) is 0 Å². The fourth-order valence-corrected chi connectivity index (χ4v) is 2.79. The van der Waals surface area contributed by atoms with Gasteiger partial charge in [-0.25, -0.2) is 14.8 Å². The zero-order valence-electron chi connectivity index (χ0n) is 18.5. The second-order valence-corrected chi connectivity index (χ2v) is 6.64. The summed E-state index contributed by atoms with van der Waals surface area (Å²) in [4.78, 5) is 28.3. The van der Waals surface area contributed by atoms with Crippen LogP contribution in [0.4, 0.5) is 28.0 Å². The summed E-state index contributed by atoms with van der Waals surface area (Å²) in [7, 11) is 1.00. The van der Waals surface area contributed by atoms with E-state index in [2.05, 4.69) is 27.4 Å². The molecule has 4 N–H and O–H groups in total. The topological polar surface area (TPSA) is 135 Å². The summed E-state index contributed by atoms with van der Waals surface area (Å²) in [6.07, 6.45) is -3.41. The van der Waals surface area contributed by atoms with Gasteiger partial charge in [0, 0.05) is 62.2 Å². The Kier molecular flexibility index (Phi) is 13.8. The van der Waals surface area contributed by atoms with Crippen molar-refractivity contribution in [2.75, 3.05) is 12.4 Å². The van der Waals surface area contributed by atoms with Crippen molar-refractivity contribution in [3.05, 3.63) is 76.2 Å². The van der Waals surface area contributed by atoms with Crippen LogP contribution < -0.4 is 11.2 Å². The average molecular weight is 593 g/mol. The Morgan fingerprint density at radius 2 is 2.00 bits per heavy atom. The fourth-order valence-electron chi connectivity index (χ4n) is 2.51. The van der Waals surface area contributed by atoms with E-state index in [9.17, 15) is 27.2 Å². The molecule has 0 aliphatic rings. The second-order valence-electron chi connectivity index (χ2n) is 6.21. The molecule has 0 unspecified atom stereocenters. The maximum atomic E-state index is 14.0. The number of carbonyl (C=O) groups is 2. The van der Waals surface area contributed by atoms with Crippen LogP contribution in [0.25, 0.3) is 5.43 Å². The predicted molar refractivity (Wildman–Crippen MR) is 119 cm³/mol. The number of nitrogens with zero attached hydrogens (tertiary/aromatic N) is 4. The third-order valence-corrected chi connectivity index (χ3v) is 4.20. The summed E-state index contributed by atoms with van der Waals surface area (Å²) in [6.45, 7) is 3.81. The van der Waals surface area contributed by atoms with E-state index in [1.807, 2.05) is 0 Å². The number of urea groups is 1. The number of hydrazone groups is 1. The summed E-state index contributed by atoms with van der Waals surface area (Å²) in [5, 5.41) is 13.0. The second kappa shape index (κ2) is 14.8. The van der Waals surface area contributed by atoms with Crippen LogP contribution in [-0.2, 0) is 39.3 Å². The molecule has 1 radical (unpaired) electrons. The van der Waals surface area contributed by atoms with Crippen LogP contribution >= 0.6 is 11.6 Å². The number of aliphatic hydroxyl groups excluding tert-OH is 1. The van der Waals surface area contributed by atoms with Crippen LogP contribution in [0.1, 0.15) is 21.5 Å². The third kappa shape index (κ3) is 9.26. The Bertz CT molecular complexity index is 1090. The molecule has 15 heteroatoms. The SMILES string of the molecule is C=C/C(=N\N(Cc1cccnc1F)C(=O)Nc1c(C)cc(Cl)cc1C(=O)[N-]N)C(F)(F)F.CO.[Y]. The molecule has 0 aliphatic carbocycles. The van der Waals surface area contributed by atoms with Gasteiger partial charge in [-0.2, -0.15) is 22.7 Å². The molecule has 0 atom stereocenters. The maximum Gasteiger partial charge on any atom is 0.435 e. The molecular weight excluding hydrogens is 573 g/mol. The molecule has 2 rings (SSSR count). The van der Waals surface area contributed by atoms with Crippen LogP contribution in [0, 0.1) is 12.9 Å². The number of nitrogens with one attached hydrogen (secondary N) is 1. The van der Waals surface area contributed by atoms with E-state index < -0.39 is 36.3 Å². The van der Waals surface area contributed by atoms with Crippen molar-refractivity contribution >= 4 is 34.9 Å². The normalized spacial score (nSPS) is 10.8. The monoisotopic (exact) mass is 592 g/mol. The molecular formula is C20H20ClF4N6O3Y-. The number of allylic oxidation sites excluding steroid dienone is 1. The molecule has 0 spiro atoms. The number of anilines is 1.